The Labute approximate surface area is 147 Å². The molecule has 0 saturated carbocycles. The number of carbonyl (C=O) groups excluding carboxylic acids is 1. The Hall–Kier alpha value is -3.16. The molecule has 0 aliphatic carbocycles. The summed E-state index contributed by atoms with van der Waals surface area (Å²) < 4.78 is 39.6. The van der Waals surface area contributed by atoms with E-state index in [2.05, 4.69) is 5.32 Å². The van der Waals surface area contributed by atoms with E-state index < -0.39 is 29.2 Å². The van der Waals surface area contributed by atoms with Crippen LogP contribution in [0.2, 0.25) is 0 Å². The van der Waals surface area contributed by atoms with Crippen LogP contribution in [0.5, 0.6) is 0 Å². The maximum Gasteiger partial charge on any atom is 0.417 e. The van der Waals surface area contributed by atoms with Crippen molar-refractivity contribution < 1.29 is 27.9 Å². The van der Waals surface area contributed by atoms with Gasteiger partial charge in [-0.25, -0.2) is 4.79 Å². The molecule has 136 valence electrons. The monoisotopic (exact) mass is 364 g/mol. The van der Waals surface area contributed by atoms with Crippen LogP contribution in [0.1, 0.15) is 44.3 Å². The molecule has 2 rings (SSSR count). The topological polar surface area (TPSA) is 90.2 Å². The van der Waals surface area contributed by atoms with Gasteiger partial charge in [-0.3, -0.25) is 4.79 Å². The van der Waals surface area contributed by atoms with Crippen LogP contribution < -0.4 is 5.32 Å². The molecular formula is C18H15F3N2O3. The van der Waals surface area contributed by atoms with Crippen molar-refractivity contribution in [1.29, 1.82) is 5.41 Å². The Morgan fingerprint density at radius 3 is 2.35 bits per heavy atom. The molecule has 0 aliphatic heterocycles. The fourth-order valence-corrected chi connectivity index (χ4v) is 2.50. The number of rotatable bonds is 4. The van der Waals surface area contributed by atoms with Gasteiger partial charge in [0.2, 0.25) is 0 Å². The molecule has 8 heteroatoms. The highest BCUT2D eigenvalue weighted by Crippen LogP contribution is 2.34. The van der Waals surface area contributed by atoms with Crippen LogP contribution in [0.15, 0.2) is 36.4 Å². The van der Waals surface area contributed by atoms with Gasteiger partial charge in [0.1, 0.15) is 0 Å². The van der Waals surface area contributed by atoms with E-state index in [9.17, 15) is 22.8 Å². The molecule has 5 nitrogen and oxygen atoms in total. The predicted molar refractivity (Wildman–Crippen MR) is 90.0 cm³/mol. The summed E-state index contributed by atoms with van der Waals surface area (Å²) in [6.45, 7) is 2.79. The Bertz CT molecular complexity index is 905. The number of anilines is 1. The number of hydrogen-bond donors (Lipinski definition) is 3. The van der Waals surface area contributed by atoms with Crippen LogP contribution in [-0.4, -0.2) is 22.7 Å². The second kappa shape index (κ2) is 6.99. The van der Waals surface area contributed by atoms with Gasteiger partial charge >= 0.3 is 12.1 Å². The van der Waals surface area contributed by atoms with E-state index in [1.807, 2.05) is 0 Å². The molecule has 26 heavy (non-hydrogen) atoms. The summed E-state index contributed by atoms with van der Waals surface area (Å²) in [6, 6.07) is 7.06. The number of carboxylic acid groups (broad SMARTS) is 1. The summed E-state index contributed by atoms with van der Waals surface area (Å²) >= 11 is 0. The lowest BCUT2D eigenvalue weighted by Gasteiger charge is -2.16. The van der Waals surface area contributed by atoms with Gasteiger partial charge in [0.15, 0.2) is 0 Å². The van der Waals surface area contributed by atoms with Crippen LogP contribution in [0.3, 0.4) is 0 Å². The van der Waals surface area contributed by atoms with Gasteiger partial charge in [0.25, 0.3) is 5.91 Å². The second-order valence-electron chi connectivity index (χ2n) is 5.64. The molecular weight excluding hydrogens is 349 g/mol. The van der Waals surface area contributed by atoms with Crippen molar-refractivity contribution in [3.05, 3.63) is 64.2 Å². The number of aryl methyl sites for hydroxylation is 1. The molecule has 0 heterocycles. The minimum atomic E-state index is -4.72. The summed E-state index contributed by atoms with van der Waals surface area (Å²) in [5.41, 5.74) is -1.47. The standard InChI is InChI=1S/C18H15F3N2O3/c1-9-4-3-5-13(18(19,20)21)15(9)16(24)23-14-8-11(17(25)26)6-7-12(14)10(2)22/h3-8,22H,1-2H3,(H,23,24)(H,25,26). The number of alkyl halides is 3. The number of hydrogen-bond acceptors (Lipinski definition) is 3. The van der Waals surface area contributed by atoms with Crippen molar-refractivity contribution >= 4 is 23.3 Å². The number of amides is 1. The lowest BCUT2D eigenvalue weighted by atomic mass is 9.99. The van der Waals surface area contributed by atoms with Crippen LogP contribution in [0.4, 0.5) is 18.9 Å². The van der Waals surface area contributed by atoms with Gasteiger partial charge in [-0.1, -0.05) is 18.2 Å². The predicted octanol–water partition coefficient (Wildman–Crippen LogP) is 4.35. The first-order chi connectivity index (χ1) is 12.0. The number of aromatic carboxylic acids is 1. The first kappa shape index (κ1) is 19.2. The molecule has 0 saturated heterocycles. The van der Waals surface area contributed by atoms with Crippen LogP contribution in [0.25, 0.3) is 0 Å². The quantitative estimate of drug-likeness (QED) is 0.705. The molecule has 0 atom stereocenters. The minimum Gasteiger partial charge on any atom is -0.478 e. The van der Waals surface area contributed by atoms with Gasteiger partial charge in [0.05, 0.1) is 22.4 Å². The molecule has 2 aromatic rings. The molecule has 0 fully saturated rings. The zero-order valence-electron chi connectivity index (χ0n) is 13.9. The highest BCUT2D eigenvalue weighted by Gasteiger charge is 2.36. The SMILES string of the molecule is CC(=N)c1ccc(C(=O)O)cc1NC(=O)c1c(C)cccc1C(F)(F)F. The van der Waals surface area contributed by atoms with Crippen LogP contribution in [-0.2, 0) is 6.18 Å². The lowest BCUT2D eigenvalue weighted by Crippen LogP contribution is -2.21. The molecule has 0 aliphatic rings. The molecule has 1 amide bonds. The summed E-state index contributed by atoms with van der Waals surface area (Å²) in [4.78, 5) is 23.6. The number of nitrogens with one attached hydrogen (secondary N) is 2. The zero-order valence-corrected chi connectivity index (χ0v) is 13.9. The van der Waals surface area contributed by atoms with Crippen molar-refractivity contribution in [2.75, 3.05) is 5.32 Å². The molecule has 0 unspecified atom stereocenters. The second-order valence-corrected chi connectivity index (χ2v) is 5.64. The summed E-state index contributed by atoms with van der Waals surface area (Å²) in [5.74, 6) is -2.29. The molecule has 0 aromatic heterocycles. The minimum absolute atomic E-state index is 0.0260. The van der Waals surface area contributed by atoms with E-state index in [0.29, 0.717) is 0 Å². The van der Waals surface area contributed by atoms with Gasteiger partial charge in [0, 0.05) is 11.3 Å². The van der Waals surface area contributed by atoms with Crippen molar-refractivity contribution in [2.24, 2.45) is 0 Å². The van der Waals surface area contributed by atoms with E-state index in [4.69, 9.17) is 10.5 Å². The van der Waals surface area contributed by atoms with Crippen LogP contribution in [0, 0.1) is 12.3 Å². The normalized spacial score (nSPS) is 11.1. The Kier molecular flexibility index (Phi) is 5.15. The maximum absolute atomic E-state index is 13.2. The smallest absolute Gasteiger partial charge is 0.417 e. The van der Waals surface area contributed by atoms with Gasteiger partial charge in [-0.2, -0.15) is 13.2 Å². The van der Waals surface area contributed by atoms with Crippen LogP contribution >= 0.6 is 0 Å². The van der Waals surface area contributed by atoms with Crippen molar-refractivity contribution in [3.63, 3.8) is 0 Å². The molecule has 3 N–H and O–H groups in total. The average Bonchev–Trinajstić information content (AvgIpc) is 2.53. The number of benzene rings is 2. The zero-order chi connectivity index (χ0) is 19.6. The molecule has 0 bridgehead atoms. The number of carboxylic acids is 1. The van der Waals surface area contributed by atoms with Gasteiger partial charge in [-0.05, 0) is 37.6 Å². The first-order valence-corrected chi connectivity index (χ1v) is 7.43. The highest BCUT2D eigenvalue weighted by atomic mass is 19.4. The van der Waals surface area contributed by atoms with Gasteiger partial charge in [-0.15, -0.1) is 0 Å². The maximum atomic E-state index is 13.2. The van der Waals surface area contributed by atoms with E-state index in [0.717, 1.165) is 12.1 Å². The molecule has 0 spiro atoms. The largest absolute Gasteiger partial charge is 0.478 e. The number of halogens is 3. The van der Waals surface area contributed by atoms with E-state index in [1.54, 1.807) is 0 Å². The first-order valence-electron chi connectivity index (χ1n) is 7.43. The number of carbonyl (C=O) groups is 2. The van der Waals surface area contributed by atoms with Crippen molar-refractivity contribution in [2.45, 2.75) is 20.0 Å². The lowest BCUT2D eigenvalue weighted by molar-refractivity contribution is -0.137. The van der Waals surface area contributed by atoms with Crippen molar-refractivity contribution in [3.8, 4) is 0 Å². The molecule has 2 aromatic carbocycles. The third-order valence-electron chi connectivity index (χ3n) is 3.72. The third-order valence-corrected chi connectivity index (χ3v) is 3.72. The van der Waals surface area contributed by atoms with E-state index >= 15 is 0 Å². The summed E-state index contributed by atoms with van der Waals surface area (Å²) in [6.07, 6.45) is -4.72. The summed E-state index contributed by atoms with van der Waals surface area (Å²) in [5, 5.41) is 19.1. The fourth-order valence-electron chi connectivity index (χ4n) is 2.50. The Morgan fingerprint density at radius 2 is 1.81 bits per heavy atom. The van der Waals surface area contributed by atoms with E-state index in [1.165, 1.54) is 38.1 Å². The third kappa shape index (κ3) is 3.90. The van der Waals surface area contributed by atoms with E-state index in [-0.39, 0.29) is 28.1 Å². The summed E-state index contributed by atoms with van der Waals surface area (Å²) in [7, 11) is 0. The Balaban J connectivity index is 2.54. The molecule has 0 radical (unpaired) electrons. The Morgan fingerprint density at radius 1 is 1.15 bits per heavy atom. The van der Waals surface area contributed by atoms with Crippen molar-refractivity contribution in [1.82, 2.24) is 0 Å². The van der Waals surface area contributed by atoms with Gasteiger partial charge < -0.3 is 15.8 Å². The fraction of sp³-hybridized carbons (Fsp3) is 0.167. The average molecular weight is 364 g/mol. The highest BCUT2D eigenvalue weighted by molar-refractivity contribution is 6.11.